The molecule has 0 fully saturated rings. The highest BCUT2D eigenvalue weighted by Crippen LogP contribution is 2.21. The number of anilines is 2. The molecule has 1 aromatic rings. The van der Waals surface area contributed by atoms with Crippen molar-refractivity contribution in [2.45, 2.75) is 213 Å². The van der Waals surface area contributed by atoms with Crippen LogP contribution in [0.25, 0.3) is 0 Å². The van der Waals surface area contributed by atoms with E-state index in [0.29, 0.717) is 58.0 Å². The predicted molar refractivity (Wildman–Crippen MR) is 283 cm³/mol. The van der Waals surface area contributed by atoms with Crippen molar-refractivity contribution in [1.82, 2.24) is 20.4 Å². The molecule has 0 aliphatic carbocycles. The summed E-state index contributed by atoms with van der Waals surface area (Å²) in [6.45, 7) is 7.87. The van der Waals surface area contributed by atoms with Gasteiger partial charge in [-0.3, -0.25) is 28.8 Å². The minimum Gasteiger partial charge on any atom is -0.354 e. The van der Waals surface area contributed by atoms with E-state index in [-0.39, 0.29) is 86.0 Å². The Labute approximate surface area is 417 Å². The van der Waals surface area contributed by atoms with E-state index >= 15 is 0 Å². The molecule has 0 unspecified atom stereocenters. The zero-order valence-electron chi connectivity index (χ0n) is 43.5. The van der Waals surface area contributed by atoms with E-state index in [1.165, 1.54) is 66.5 Å². The van der Waals surface area contributed by atoms with E-state index < -0.39 is 17.7 Å². The van der Waals surface area contributed by atoms with Crippen LogP contribution in [0, 0.1) is 0 Å². The summed E-state index contributed by atoms with van der Waals surface area (Å²) in [7, 11) is 0. The molecule has 0 saturated carbocycles. The first kappa shape index (κ1) is 62.9. The third-order valence-electron chi connectivity index (χ3n) is 12.3. The Bertz CT molecular complexity index is 1480. The maximum Gasteiger partial charge on any atom is 0.251 e. The summed E-state index contributed by atoms with van der Waals surface area (Å²) in [6.07, 6.45) is 25.8. The Morgan fingerprint density at radius 1 is 0.464 bits per heavy atom. The number of nitrogens with two attached hydrogens (primary N) is 4. The molecule has 0 aliphatic rings. The summed E-state index contributed by atoms with van der Waals surface area (Å²) in [5.74, 6) is -1.85. The summed E-state index contributed by atoms with van der Waals surface area (Å²) in [6, 6.07) is 3.86. The lowest BCUT2D eigenvalue weighted by molar-refractivity contribution is -0.135. The average Bonchev–Trinajstić information content (AvgIpc) is 3.31. The topological polar surface area (TPSA) is 261 Å². The average molecular weight is 971 g/mol. The Hall–Kier alpha value is -4.12. The first-order valence-electron chi connectivity index (χ1n) is 27.1. The number of nitrogens with zero attached hydrogens (tertiary/aromatic N) is 2. The quantitative estimate of drug-likeness (QED) is 0.0297. The van der Waals surface area contributed by atoms with E-state index in [4.69, 9.17) is 22.9 Å². The number of rotatable bonds is 44. The van der Waals surface area contributed by atoms with Crippen molar-refractivity contribution in [3.8, 4) is 0 Å². The summed E-state index contributed by atoms with van der Waals surface area (Å²) in [5.41, 5.74) is 24.9. The molecule has 6 amide bonds. The first-order valence-corrected chi connectivity index (χ1v) is 27.1. The lowest BCUT2D eigenvalue weighted by Gasteiger charge is -2.26. The molecule has 396 valence electrons. The van der Waals surface area contributed by atoms with Gasteiger partial charge in [0.15, 0.2) is 0 Å². The van der Waals surface area contributed by atoms with Gasteiger partial charge in [0.2, 0.25) is 29.5 Å². The van der Waals surface area contributed by atoms with Crippen molar-refractivity contribution >= 4 is 46.8 Å². The molecule has 12 N–H and O–H groups in total. The SMILES string of the molecule is CCCCCCCCCCCC(=O)NCCNC(=O)c1cc(NC(=O)CN(C[C@@H](N)CCCCN)C(=O)CCCCCCC)cc(NC(=O)CN(C[C@@H](N)CCCCN)C(=O)CCCCCCC)c1. The van der Waals surface area contributed by atoms with Crippen LogP contribution in [-0.2, 0) is 24.0 Å². The highest BCUT2D eigenvalue weighted by atomic mass is 16.2. The lowest BCUT2D eigenvalue weighted by Crippen LogP contribution is -2.45. The van der Waals surface area contributed by atoms with Crippen LogP contribution in [-0.4, -0.2) is 110 Å². The second kappa shape index (κ2) is 41.6. The standard InChI is InChI=1S/C53H98N10O6/c1-4-7-10-13-14-15-16-19-20-29-48(64)58-34-35-59-53(69)43-36-46(60-49(65)41-62(39-44(56)27-23-25-32-54)51(67)30-21-17-11-8-5-2)38-47(37-43)61-50(66)42-63(40-45(57)28-24-26-33-55)52(68)31-22-18-12-9-6-3/h36-38,44-45H,4-35,39-42,54-57H2,1-3H3,(H,58,64)(H,59,69)(H,60,65)(H,61,66)/t44-,45-/m0/s1. The highest BCUT2D eigenvalue weighted by molar-refractivity contribution is 6.02. The van der Waals surface area contributed by atoms with Gasteiger partial charge in [-0.15, -0.1) is 0 Å². The van der Waals surface area contributed by atoms with Crippen LogP contribution >= 0.6 is 0 Å². The Morgan fingerprint density at radius 3 is 1.25 bits per heavy atom. The van der Waals surface area contributed by atoms with Gasteiger partial charge in [0.05, 0.1) is 13.1 Å². The molecule has 2 atom stereocenters. The first-order chi connectivity index (χ1) is 33.4. The van der Waals surface area contributed by atoms with Gasteiger partial charge in [0.1, 0.15) is 0 Å². The van der Waals surface area contributed by atoms with Crippen LogP contribution in [0.1, 0.15) is 211 Å². The van der Waals surface area contributed by atoms with Crippen LogP contribution in [0.15, 0.2) is 18.2 Å². The fraction of sp³-hybridized carbons (Fsp3) is 0.774. The van der Waals surface area contributed by atoms with E-state index in [2.05, 4.69) is 42.0 Å². The second-order valence-electron chi connectivity index (χ2n) is 19.0. The van der Waals surface area contributed by atoms with Gasteiger partial charge >= 0.3 is 0 Å². The molecule has 0 heterocycles. The summed E-state index contributed by atoms with van der Waals surface area (Å²) < 4.78 is 0. The number of nitrogens with one attached hydrogen (secondary N) is 4. The normalized spacial score (nSPS) is 12.0. The molecule has 1 rings (SSSR count). The van der Waals surface area contributed by atoms with Crippen LogP contribution in [0.5, 0.6) is 0 Å². The number of unbranched alkanes of at least 4 members (excludes halogenated alkanes) is 18. The van der Waals surface area contributed by atoms with Gasteiger partial charge in [-0.2, -0.15) is 0 Å². The van der Waals surface area contributed by atoms with Crippen LogP contribution in [0.3, 0.4) is 0 Å². The van der Waals surface area contributed by atoms with Crippen molar-refractivity contribution in [3.05, 3.63) is 23.8 Å². The molecule has 69 heavy (non-hydrogen) atoms. The molecule has 0 spiro atoms. The Kier molecular flexibility index (Phi) is 38.0. The van der Waals surface area contributed by atoms with Gasteiger partial charge in [0.25, 0.3) is 5.91 Å². The van der Waals surface area contributed by atoms with Gasteiger partial charge in [-0.1, -0.05) is 136 Å². The highest BCUT2D eigenvalue weighted by Gasteiger charge is 2.23. The Balaban J connectivity index is 3.24. The van der Waals surface area contributed by atoms with Crippen molar-refractivity contribution in [2.24, 2.45) is 22.9 Å². The van der Waals surface area contributed by atoms with E-state index in [1.54, 1.807) is 0 Å². The summed E-state index contributed by atoms with van der Waals surface area (Å²) >= 11 is 0. The third-order valence-corrected chi connectivity index (χ3v) is 12.3. The maximum atomic E-state index is 13.8. The van der Waals surface area contributed by atoms with Gasteiger partial charge in [-0.05, 0) is 76.2 Å². The monoisotopic (exact) mass is 971 g/mol. The number of carbonyl (C=O) groups is 6. The lowest BCUT2D eigenvalue weighted by atomic mass is 10.1. The molecular formula is C53H98N10O6. The molecule has 1 aromatic carbocycles. The predicted octanol–water partition coefficient (Wildman–Crippen LogP) is 7.62. The van der Waals surface area contributed by atoms with Crippen molar-refractivity contribution in [2.75, 3.05) is 63.0 Å². The molecule has 0 bridgehead atoms. The number of carbonyl (C=O) groups excluding carboxylic acids is 6. The second-order valence-corrected chi connectivity index (χ2v) is 19.0. The summed E-state index contributed by atoms with van der Waals surface area (Å²) in [5, 5.41) is 11.4. The zero-order chi connectivity index (χ0) is 50.9. The van der Waals surface area contributed by atoms with Crippen LogP contribution in [0.2, 0.25) is 0 Å². The molecule has 16 heteroatoms. The zero-order valence-corrected chi connectivity index (χ0v) is 43.5. The third kappa shape index (κ3) is 33.2. The number of benzene rings is 1. The minimum atomic E-state index is -0.493. The van der Waals surface area contributed by atoms with E-state index in [9.17, 15) is 28.8 Å². The largest absolute Gasteiger partial charge is 0.354 e. The molecule has 16 nitrogen and oxygen atoms in total. The molecule has 0 radical (unpaired) electrons. The van der Waals surface area contributed by atoms with E-state index in [0.717, 1.165) is 96.3 Å². The smallest absolute Gasteiger partial charge is 0.251 e. The minimum absolute atomic E-state index is 0.0667. The number of hydrogen-bond donors (Lipinski definition) is 8. The van der Waals surface area contributed by atoms with Crippen molar-refractivity contribution < 1.29 is 28.8 Å². The van der Waals surface area contributed by atoms with Crippen LogP contribution in [0.4, 0.5) is 11.4 Å². The fourth-order valence-electron chi connectivity index (χ4n) is 8.25. The molecule has 0 saturated heterocycles. The fourth-order valence-corrected chi connectivity index (χ4v) is 8.25. The van der Waals surface area contributed by atoms with E-state index in [1.807, 2.05) is 0 Å². The molecular weight excluding hydrogens is 873 g/mol. The number of amides is 6. The van der Waals surface area contributed by atoms with Crippen molar-refractivity contribution in [1.29, 1.82) is 0 Å². The van der Waals surface area contributed by atoms with Gasteiger partial charge < -0.3 is 54.0 Å². The summed E-state index contributed by atoms with van der Waals surface area (Å²) in [4.78, 5) is 83.7. The van der Waals surface area contributed by atoms with Crippen LogP contribution < -0.4 is 44.2 Å². The van der Waals surface area contributed by atoms with Gasteiger partial charge in [-0.25, -0.2) is 0 Å². The molecule has 0 aliphatic heterocycles. The molecule has 0 aromatic heterocycles. The van der Waals surface area contributed by atoms with Gasteiger partial charge in [0, 0.05) is 74.5 Å². The van der Waals surface area contributed by atoms with Crippen molar-refractivity contribution in [3.63, 3.8) is 0 Å². The Morgan fingerprint density at radius 2 is 0.841 bits per heavy atom. The number of hydrogen-bond acceptors (Lipinski definition) is 10. The maximum absolute atomic E-state index is 13.8.